The van der Waals surface area contributed by atoms with Gasteiger partial charge in [-0.3, -0.25) is 9.59 Å². The lowest BCUT2D eigenvalue weighted by molar-refractivity contribution is -0.345. The monoisotopic (exact) mass is 646 g/mol. The van der Waals surface area contributed by atoms with E-state index in [0.29, 0.717) is 0 Å². The van der Waals surface area contributed by atoms with Crippen LogP contribution in [0.15, 0.2) is 41.5 Å². The van der Waals surface area contributed by atoms with E-state index in [1.54, 1.807) is 18.2 Å². The van der Waals surface area contributed by atoms with Crippen molar-refractivity contribution in [3.8, 4) is 0 Å². The Hall–Kier alpha value is -3.85. The Balaban J connectivity index is 1.90. The molecule has 14 heteroatoms. The van der Waals surface area contributed by atoms with Gasteiger partial charge < -0.3 is 44.1 Å². The molecule has 0 aromatic heterocycles. The molecule has 1 aliphatic heterocycles. The van der Waals surface area contributed by atoms with E-state index in [0.717, 1.165) is 21.0 Å². The average molecular weight is 647 g/mol. The first-order valence-electron chi connectivity index (χ1n) is 14.8. The molecule has 4 aliphatic rings. The topological polar surface area (TPSA) is 212 Å². The Morgan fingerprint density at radius 1 is 1.00 bits per heavy atom. The number of ketones is 1. The summed E-state index contributed by atoms with van der Waals surface area (Å²) in [4.78, 5) is 66.9. The van der Waals surface area contributed by atoms with Crippen molar-refractivity contribution in [2.45, 2.75) is 88.7 Å². The molecule has 1 aromatic carbocycles. The van der Waals surface area contributed by atoms with Crippen molar-refractivity contribution in [3.63, 3.8) is 0 Å². The van der Waals surface area contributed by atoms with E-state index >= 15 is 0 Å². The molecule has 0 amide bonds. The molecule has 0 radical (unpaired) electrons. The fraction of sp³-hybridized carbons (Fsp3) is 0.594. The van der Waals surface area contributed by atoms with Crippen molar-refractivity contribution in [1.82, 2.24) is 0 Å². The number of carboxylic acids is 1. The summed E-state index contributed by atoms with van der Waals surface area (Å²) in [5.41, 5.74) is -11.9. The van der Waals surface area contributed by atoms with Crippen LogP contribution in [0, 0.1) is 16.7 Å². The number of fused-ring (bicyclic) bond motifs is 5. The summed E-state index contributed by atoms with van der Waals surface area (Å²) in [5, 5.41) is 46.9. The Morgan fingerprint density at radius 3 is 2.15 bits per heavy atom. The van der Waals surface area contributed by atoms with E-state index in [9.17, 15) is 44.4 Å². The molecule has 14 nitrogen and oxygen atoms in total. The molecule has 0 spiro atoms. The number of rotatable bonds is 5. The summed E-state index contributed by atoms with van der Waals surface area (Å²) in [7, 11) is 1.05. The smallest absolute Gasteiger partial charge is 0.478 e. The Bertz CT molecular complexity index is 1510. The zero-order chi connectivity index (χ0) is 34.2. The van der Waals surface area contributed by atoms with E-state index in [1.807, 2.05) is 0 Å². The maximum atomic E-state index is 15.0. The number of benzene rings is 1. The average Bonchev–Trinajstić information content (AvgIpc) is 2.96. The van der Waals surface area contributed by atoms with Crippen LogP contribution in [0.4, 0.5) is 4.79 Å². The van der Waals surface area contributed by atoms with Gasteiger partial charge in [-0.25, -0.2) is 14.4 Å². The van der Waals surface area contributed by atoms with Crippen LogP contribution < -0.4 is 0 Å². The number of carboxylic acid groups (broad SMARTS) is 1. The van der Waals surface area contributed by atoms with Gasteiger partial charge in [-0.05, 0) is 31.6 Å². The number of Topliss-reactive ketones (excluding diaryl/α,β-unsaturated/α-hetero) is 1. The third-order valence-electron chi connectivity index (χ3n) is 10.5. The van der Waals surface area contributed by atoms with E-state index in [1.165, 1.54) is 32.9 Å². The molecule has 46 heavy (non-hydrogen) atoms. The van der Waals surface area contributed by atoms with Crippen molar-refractivity contribution in [3.05, 3.63) is 47.0 Å². The number of aliphatic hydroxyl groups excluding tert-OH is 1. The second kappa shape index (κ2) is 10.9. The molecule has 5 rings (SSSR count). The first kappa shape index (κ1) is 33.5. The maximum absolute atomic E-state index is 15.0. The first-order chi connectivity index (χ1) is 21.3. The van der Waals surface area contributed by atoms with Gasteiger partial charge in [-0.1, -0.05) is 32.0 Å². The van der Waals surface area contributed by atoms with Gasteiger partial charge in [-0.2, -0.15) is 0 Å². The predicted molar refractivity (Wildman–Crippen MR) is 153 cm³/mol. The SMILES string of the molecule is COC(=O)O[C@@]12CO[C@@H]1C[C@H](O)[C@@]1(C)C(=O)[C@H](OC(C)=O)C3=C(C(=O)O)[C@](C)(O)C[C@@](O)([C@@H](OC(=O)c4ccccc4)C12)C3(C)C. The Kier molecular flexibility index (Phi) is 7.91. The quantitative estimate of drug-likeness (QED) is 0.263. The van der Waals surface area contributed by atoms with Crippen LogP contribution in [0.1, 0.15) is 57.8 Å². The molecule has 2 saturated carbocycles. The van der Waals surface area contributed by atoms with Gasteiger partial charge in [0.25, 0.3) is 0 Å². The van der Waals surface area contributed by atoms with Crippen LogP contribution in [0.2, 0.25) is 0 Å². The lowest BCUT2D eigenvalue weighted by Crippen LogP contribution is -2.82. The normalized spacial score (nSPS) is 39.3. The van der Waals surface area contributed by atoms with Crippen LogP contribution in [0.5, 0.6) is 0 Å². The molecule has 1 unspecified atom stereocenters. The summed E-state index contributed by atoms with van der Waals surface area (Å²) >= 11 is 0. The van der Waals surface area contributed by atoms with Crippen LogP contribution in [-0.2, 0) is 38.1 Å². The molecule has 9 atom stereocenters. The third-order valence-corrected chi connectivity index (χ3v) is 10.5. The lowest BCUT2D eigenvalue weighted by Gasteiger charge is -2.67. The maximum Gasteiger partial charge on any atom is 0.508 e. The molecule has 1 heterocycles. The highest BCUT2D eigenvalue weighted by Gasteiger charge is 2.79. The van der Waals surface area contributed by atoms with Crippen LogP contribution in [0.3, 0.4) is 0 Å². The van der Waals surface area contributed by atoms with Gasteiger partial charge in [0, 0.05) is 25.2 Å². The number of carbonyl (C=O) groups excluding carboxylic acids is 4. The minimum atomic E-state index is -2.47. The lowest BCUT2D eigenvalue weighted by atomic mass is 9.44. The standard InChI is InChI=1S/C32H38O14/c1-15(33)44-21-19-20(25(36)37)29(4,40)13-32(41,28(19,2)3)24(45-26(38)16-10-8-7-9-11-16)22-30(5,23(21)35)17(34)12-18-31(22,14-43-18)46-27(39)42-6/h7-11,17-18,21-22,24,34,40-41H,12-14H2,1-6H3,(H,36,37)/t17-,18+,21+,22?,24-,29+,30+,31-,32+/m0/s1. The minimum Gasteiger partial charge on any atom is -0.478 e. The Morgan fingerprint density at radius 2 is 1.63 bits per heavy atom. The molecule has 3 aliphatic carbocycles. The minimum absolute atomic E-state index is 0.0436. The molecule has 2 bridgehead atoms. The van der Waals surface area contributed by atoms with Gasteiger partial charge in [0.15, 0.2) is 17.5 Å². The molecular formula is C32H38O14. The Labute approximate surface area is 264 Å². The number of aliphatic hydroxyl groups is 3. The second-order valence-electron chi connectivity index (χ2n) is 13.5. The molecule has 3 fully saturated rings. The highest BCUT2D eigenvalue weighted by atomic mass is 16.8. The molecule has 4 N–H and O–H groups in total. The van der Waals surface area contributed by atoms with E-state index < -0.39 is 105 Å². The third kappa shape index (κ3) is 4.56. The summed E-state index contributed by atoms with van der Waals surface area (Å²) in [5.74, 6) is -6.26. The molecular weight excluding hydrogens is 608 g/mol. The van der Waals surface area contributed by atoms with Crippen molar-refractivity contribution in [1.29, 1.82) is 0 Å². The van der Waals surface area contributed by atoms with Gasteiger partial charge in [0.2, 0.25) is 0 Å². The van der Waals surface area contributed by atoms with Gasteiger partial charge in [0.1, 0.15) is 17.8 Å². The van der Waals surface area contributed by atoms with Gasteiger partial charge in [-0.15, -0.1) is 0 Å². The number of hydrogen-bond acceptors (Lipinski definition) is 13. The number of aliphatic carboxylic acids is 1. The summed E-state index contributed by atoms with van der Waals surface area (Å²) in [6.07, 6.45) is -8.89. The van der Waals surface area contributed by atoms with Crippen molar-refractivity contribution < 1.29 is 68.1 Å². The zero-order valence-corrected chi connectivity index (χ0v) is 26.3. The fourth-order valence-corrected chi connectivity index (χ4v) is 8.15. The van der Waals surface area contributed by atoms with Crippen molar-refractivity contribution >= 4 is 29.8 Å². The highest BCUT2D eigenvalue weighted by molar-refractivity contribution is 5.99. The van der Waals surface area contributed by atoms with Crippen molar-refractivity contribution in [2.75, 3.05) is 13.7 Å². The van der Waals surface area contributed by atoms with E-state index in [2.05, 4.69) is 0 Å². The summed E-state index contributed by atoms with van der Waals surface area (Å²) < 4.78 is 28.0. The number of hydrogen-bond donors (Lipinski definition) is 4. The number of carbonyl (C=O) groups is 5. The zero-order valence-electron chi connectivity index (χ0n) is 26.3. The van der Waals surface area contributed by atoms with Crippen molar-refractivity contribution in [2.24, 2.45) is 16.7 Å². The second-order valence-corrected chi connectivity index (χ2v) is 13.5. The number of ether oxygens (including phenoxy) is 5. The first-order valence-corrected chi connectivity index (χ1v) is 14.8. The number of esters is 2. The van der Waals surface area contributed by atoms with Crippen LogP contribution >= 0.6 is 0 Å². The molecule has 1 aromatic rings. The molecule has 1 saturated heterocycles. The summed E-state index contributed by atoms with van der Waals surface area (Å²) in [6.45, 7) is 5.76. The number of methoxy groups -OCH3 is 1. The molecule has 250 valence electrons. The van der Waals surface area contributed by atoms with Crippen LogP contribution in [0.25, 0.3) is 0 Å². The largest absolute Gasteiger partial charge is 0.508 e. The summed E-state index contributed by atoms with van der Waals surface area (Å²) in [6, 6.07) is 7.68. The van der Waals surface area contributed by atoms with Gasteiger partial charge in [0.05, 0.1) is 47.9 Å². The van der Waals surface area contributed by atoms with Crippen LogP contribution in [-0.4, -0.2) is 105 Å². The van der Waals surface area contributed by atoms with Gasteiger partial charge >= 0.3 is 24.1 Å². The predicted octanol–water partition coefficient (Wildman–Crippen LogP) is 1.33. The fourth-order valence-electron chi connectivity index (χ4n) is 8.15. The highest BCUT2D eigenvalue weighted by Crippen LogP contribution is 2.65. The van der Waals surface area contributed by atoms with E-state index in [-0.39, 0.29) is 18.6 Å². The van der Waals surface area contributed by atoms with E-state index in [4.69, 9.17) is 23.7 Å².